The highest BCUT2D eigenvalue weighted by molar-refractivity contribution is 6.30. The molecule has 208 valence electrons. The van der Waals surface area contributed by atoms with E-state index in [2.05, 4.69) is 0 Å². The number of piperidine rings is 1. The van der Waals surface area contributed by atoms with E-state index in [-0.39, 0.29) is 17.6 Å². The Labute approximate surface area is 239 Å². The summed E-state index contributed by atoms with van der Waals surface area (Å²) in [5, 5.41) is 1.19. The van der Waals surface area contributed by atoms with E-state index < -0.39 is 5.60 Å². The molecule has 1 unspecified atom stereocenters. The van der Waals surface area contributed by atoms with Gasteiger partial charge in [0.05, 0.1) is 23.6 Å². The summed E-state index contributed by atoms with van der Waals surface area (Å²) in [4.78, 5) is 33.7. The average Bonchev–Trinajstić information content (AvgIpc) is 2.94. The van der Waals surface area contributed by atoms with Gasteiger partial charge in [-0.15, -0.1) is 0 Å². The molecule has 7 nitrogen and oxygen atoms in total. The molecule has 40 heavy (non-hydrogen) atoms. The molecule has 0 saturated carbocycles. The highest BCUT2D eigenvalue weighted by Crippen LogP contribution is 2.31. The molecule has 1 aliphatic rings. The van der Waals surface area contributed by atoms with Crippen molar-refractivity contribution in [2.45, 2.75) is 45.8 Å². The predicted octanol–water partition coefficient (Wildman–Crippen LogP) is 7.04. The molecule has 1 atom stereocenters. The maximum Gasteiger partial charge on any atom is 0.410 e. The van der Waals surface area contributed by atoms with Crippen molar-refractivity contribution in [3.8, 4) is 28.3 Å². The molecule has 3 aromatic carbocycles. The van der Waals surface area contributed by atoms with Crippen LogP contribution in [0.25, 0.3) is 33.4 Å². The number of halogens is 1. The van der Waals surface area contributed by atoms with Gasteiger partial charge in [0.2, 0.25) is 0 Å². The van der Waals surface area contributed by atoms with E-state index in [0.29, 0.717) is 47.1 Å². The SMILES string of the molecule is COc1ccccc1-c1nc2ccc(-c3ccc(Cl)cc3)cc2c(=O)n1CC1CCCN(C(=O)OC(C)(C)C)C1. The number of methoxy groups -OCH3 is 1. The number of ether oxygens (including phenoxy) is 2. The van der Waals surface area contributed by atoms with Crippen LogP contribution >= 0.6 is 11.6 Å². The van der Waals surface area contributed by atoms with Crippen molar-refractivity contribution in [2.24, 2.45) is 5.92 Å². The molecule has 2 heterocycles. The van der Waals surface area contributed by atoms with Gasteiger partial charge in [0, 0.05) is 24.7 Å². The van der Waals surface area contributed by atoms with Crippen LogP contribution in [0.3, 0.4) is 0 Å². The summed E-state index contributed by atoms with van der Waals surface area (Å²) in [5.74, 6) is 1.24. The molecular weight excluding hydrogens is 526 g/mol. The molecule has 1 amide bonds. The lowest BCUT2D eigenvalue weighted by atomic mass is 9.97. The highest BCUT2D eigenvalue weighted by Gasteiger charge is 2.29. The zero-order valence-electron chi connectivity index (χ0n) is 23.3. The molecule has 0 spiro atoms. The first-order valence-corrected chi connectivity index (χ1v) is 13.9. The molecule has 1 saturated heterocycles. The summed E-state index contributed by atoms with van der Waals surface area (Å²) < 4.78 is 13.0. The van der Waals surface area contributed by atoms with E-state index in [0.717, 1.165) is 29.5 Å². The summed E-state index contributed by atoms with van der Waals surface area (Å²) >= 11 is 6.09. The van der Waals surface area contributed by atoms with Crippen LogP contribution in [0.4, 0.5) is 4.79 Å². The summed E-state index contributed by atoms with van der Waals surface area (Å²) in [6.45, 7) is 7.16. The van der Waals surface area contributed by atoms with Crippen molar-refractivity contribution < 1.29 is 14.3 Å². The Morgan fingerprint density at radius 2 is 1.77 bits per heavy atom. The number of aromatic nitrogens is 2. The van der Waals surface area contributed by atoms with E-state index in [1.165, 1.54) is 0 Å². The number of hydrogen-bond donors (Lipinski definition) is 0. The van der Waals surface area contributed by atoms with Crippen LogP contribution in [-0.4, -0.2) is 46.3 Å². The van der Waals surface area contributed by atoms with E-state index in [1.807, 2.05) is 87.5 Å². The largest absolute Gasteiger partial charge is 0.496 e. The third kappa shape index (κ3) is 5.99. The normalized spacial score (nSPS) is 15.7. The minimum Gasteiger partial charge on any atom is -0.496 e. The Bertz CT molecular complexity index is 1590. The van der Waals surface area contributed by atoms with Gasteiger partial charge in [-0.05, 0) is 87.1 Å². The number of rotatable bonds is 5. The van der Waals surface area contributed by atoms with Crippen molar-refractivity contribution in [3.63, 3.8) is 0 Å². The van der Waals surface area contributed by atoms with Crippen LogP contribution < -0.4 is 10.3 Å². The average molecular weight is 560 g/mol. The van der Waals surface area contributed by atoms with E-state index >= 15 is 0 Å². The number of carbonyl (C=O) groups is 1. The van der Waals surface area contributed by atoms with Crippen molar-refractivity contribution in [3.05, 3.63) is 82.1 Å². The Morgan fingerprint density at radius 1 is 1.05 bits per heavy atom. The minimum atomic E-state index is -0.567. The molecule has 1 aliphatic heterocycles. The van der Waals surface area contributed by atoms with Crippen LogP contribution in [0.1, 0.15) is 33.6 Å². The van der Waals surface area contributed by atoms with Gasteiger partial charge in [-0.3, -0.25) is 9.36 Å². The first-order chi connectivity index (χ1) is 19.1. The van der Waals surface area contributed by atoms with Gasteiger partial charge in [0.25, 0.3) is 5.56 Å². The van der Waals surface area contributed by atoms with Gasteiger partial charge in [-0.1, -0.05) is 41.9 Å². The molecule has 8 heteroatoms. The van der Waals surface area contributed by atoms with Gasteiger partial charge < -0.3 is 14.4 Å². The van der Waals surface area contributed by atoms with Gasteiger partial charge in [0.1, 0.15) is 17.2 Å². The molecule has 5 rings (SSSR count). The second-order valence-electron chi connectivity index (χ2n) is 11.2. The van der Waals surface area contributed by atoms with Crippen LogP contribution in [0.5, 0.6) is 5.75 Å². The number of amides is 1. The van der Waals surface area contributed by atoms with Gasteiger partial charge >= 0.3 is 6.09 Å². The van der Waals surface area contributed by atoms with Gasteiger partial charge in [-0.2, -0.15) is 0 Å². The summed E-state index contributed by atoms with van der Waals surface area (Å²) in [7, 11) is 1.61. The Morgan fingerprint density at radius 3 is 2.50 bits per heavy atom. The predicted molar refractivity (Wildman–Crippen MR) is 159 cm³/mol. The van der Waals surface area contributed by atoms with Crippen molar-refractivity contribution in [1.82, 2.24) is 14.5 Å². The maximum absolute atomic E-state index is 14.2. The summed E-state index contributed by atoms with van der Waals surface area (Å²) in [5.41, 5.74) is 2.53. The maximum atomic E-state index is 14.2. The Kier molecular flexibility index (Phi) is 7.86. The number of carbonyl (C=O) groups excluding carboxylic acids is 1. The molecule has 0 N–H and O–H groups in total. The Hall–Kier alpha value is -3.84. The molecular formula is C32H34ClN3O4. The fourth-order valence-corrected chi connectivity index (χ4v) is 5.34. The molecule has 0 aliphatic carbocycles. The van der Waals surface area contributed by atoms with Gasteiger partial charge in [0.15, 0.2) is 0 Å². The smallest absolute Gasteiger partial charge is 0.410 e. The number of nitrogens with zero attached hydrogens (tertiary/aromatic N) is 3. The monoisotopic (exact) mass is 559 g/mol. The summed E-state index contributed by atoms with van der Waals surface area (Å²) in [6, 6.07) is 20.9. The Balaban J connectivity index is 1.58. The topological polar surface area (TPSA) is 73.7 Å². The molecule has 1 aromatic heterocycles. The lowest BCUT2D eigenvalue weighted by molar-refractivity contribution is 0.0157. The third-order valence-electron chi connectivity index (χ3n) is 7.09. The number of fused-ring (bicyclic) bond motifs is 1. The lowest BCUT2D eigenvalue weighted by Gasteiger charge is -2.34. The molecule has 1 fully saturated rings. The zero-order chi connectivity index (χ0) is 28.4. The number of likely N-dealkylation sites (tertiary alicyclic amines) is 1. The van der Waals surface area contributed by atoms with E-state index in [4.69, 9.17) is 26.1 Å². The van der Waals surface area contributed by atoms with Gasteiger partial charge in [-0.25, -0.2) is 9.78 Å². The van der Waals surface area contributed by atoms with Crippen LogP contribution in [0, 0.1) is 5.92 Å². The van der Waals surface area contributed by atoms with E-state index in [1.54, 1.807) is 16.6 Å². The second kappa shape index (κ2) is 11.3. The first kappa shape index (κ1) is 27.7. The number of para-hydroxylation sites is 1. The molecule has 4 aromatic rings. The summed E-state index contributed by atoms with van der Waals surface area (Å²) in [6.07, 6.45) is 1.41. The number of benzene rings is 3. The first-order valence-electron chi connectivity index (χ1n) is 13.5. The fraction of sp³-hybridized carbons (Fsp3) is 0.344. The number of hydrogen-bond acceptors (Lipinski definition) is 5. The van der Waals surface area contributed by atoms with Crippen LogP contribution in [0.15, 0.2) is 71.5 Å². The molecule has 0 radical (unpaired) electrons. The lowest BCUT2D eigenvalue weighted by Crippen LogP contribution is -2.44. The molecule has 0 bridgehead atoms. The van der Waals surface area contributed by atoms with E-state index in [9.17, 15) is 9.59 Å². The van der Waals surface area contributed by atoms with Crippen LogP contribution in [-0.2, 0) is 11.3 Å². The quantitative estimate of drug-likeness (QED) is 0.262. The van der Waals surface area contributed by atoms with Crippen LogP contribution in [0.2, 0.25) is 5.02 Å². The highest BCUT2D eigenvalue weighted by atomic mass is 35.5. The second-order valence-corrected chi connectivity index (χ2v) is 11.7. The third-order valence-corrected chi connectivity index (χ3v) is 7.34. The van der Waals surface area contributed by atoms with Crippen molar-refractivity contribution in [1.29, 1.82) is 0 Å². The standard InChI is InChI=1S/C32H34ClN3O4/c1-32(2,3)40-31(38)35-17-7-8-21(19-35)20-36-29(25-9-5-6-10-28(25)39-4)34-27-16-13-23(18-26(27)30(36)37)22-11-14-24(33)15-12-22/h5-6,9-16,18,21H,7-8,17,19-20H2,1-4H3. The van der Waals surface area contributed by atoms with Crippen molar-refractivity contribution >= 4 is 28.6 Å². The zero-order valence-corrected chi connectivity index (χ0v) is 24.1. The van der Waals surface area contributed by atoms with Crippen molar-refractivity contribution in [2.75, 3.05) is 20.2 Å². The minimum absolute atomic E-state index is 0.0612. The fourth-order valence-electron chi connectivity index (χ4n) is 5.21.